The molecule has 0 saturated carbocycles. The molecule has 0 aliphatic carbocycles. The Labute approximate surface area is 119 Å². The third-order valence-electron chi connectivity index (χ3n) is 3.29. The molecule has 0 saturated heterocycles. The molecule has 0 spiro atoms. The fourth-order valence-corrected chi connectivity index (χ4v) is 2.69. The lowest BCUT2D eigenvalue weighted by Gasteiger charge is -2.14. The second-order valence-corrected chi connectivity index (χ2v) is 5.40. The highest BCUT2D eigenvalue weighted by Crippen LogP contribution is 2.29. The zero-order valence-electron chi connectivity index (χ0n) is 10.6. The van der Waals surface area contributed by atoms with E-state index in [1.807, 2.05) is 29.8 Å². The van der Waals surface area contributed by atoms with Gasteiger partial charge in [-0.15, -0.1) is 0 Å². The minimum atomic E-state index is 0.0158. The second-order valence-electron chi connectivity index (χ2n) is 4.48. The Morgan fingerprint density at radius 1 is 1.42 bits per heavy atom. The number of nitrogens with zero attached hydrogens (tertiary/aromatic N) is 3. The molecule has 5 nitrogen and oxygen atoms in total. The molecule has 1 aliphatic heterocycles. The summed E-state index contributed by atoms with van der Waals surface area (Å²) in [6, 6.07) is 5.71. The van der Waals surface area contributed by atoms with Crippen LogP contribution >= 0.6 is 15.9 Å². The monoisotopic (exact) mass is 320 g/mol. The van der Waals surface area contributed by atoms with Crippen molar-refractivity contribution < 1.29 is 4.79 Å². The second kappa shape index (κ2) is 4.38. The van der Waals surface area contributed by atoms with Crippen LogP contribution in [0.3, 0.4) is 0 Å². The number of rotatable bonds is 1. The first-order chi connectivity index (χ1) is 9.11. The number of anilines is 1. The molecule has 0 unspecified atom stereocenters. The topological polar surface area (TPSA) is 50.2 Å². The van der Waals surface area contributed by atoms with Gasteiger partial charge in [0, 0.05) is 18.6 Å². The Balaban J connectivity index is 2.30. The van der Waals surface area contributed by atoms with Crippen molar-refractivity contribution >= 4 is 27.7 Å². The number of carbonyl (C=O) groups excluding carboxylic acids is 1. The highest BCUT2D eigenvalue weighted by atomic mass is 79.9. The number of imidazole rings is 1. The smallest absolute Gasteiger partial charge is 0.256 e. The Bertz CT molecular complexity index is 665. The van der Waals surface area contributed by atoms with Crippen LogP contribution in [0, 0.1) is 0 Å². The molecule has 6 heteroatoms. The van der Waals surface area contributed by atoms with E-state index in [9.17, 15) is 4.79 Å². The van der Waals surface area contributed by atoms with Crippen molar-refractivity contribution in [3.05, 3.63) is 40.3 Å². The lowest BCUT2D eigenvalue weighted by molar-refractivity contribution is 0.0788. The molecule has 1 aromatic carbocycles. The molecule has 2 aromatic rings. The molecule has 1 amide bonds. The number of aromatic nitrogens is 2. The van der Waals surface area contributed by atoms with Crippen molar-refractivity contribution in [2.45, 2.75) is 6.54 Å². The summed E-state index contributed by atoms with van der Waals surface area (Å²) in [5, 5.41) is 3.06. The van der Waals surface area contributed by atoms with Gasteiger partial charge in [-0.1, -0.05) is 15.9 Å². The van der Waals surface area contributed by atoms with Crippen LogP contribution in [0.4, 0.5) is 5.82 Å². The summed E-state index contributed by atoms with van der Waals surface area (Å²) in [7, 11) is 3.63. The molecule has 1 N–H and O–H groups in total. The number of benzene rings is 1. The molecule has 1 aliphatic rings. The molecule has 2 heterocycles. The molecule has 0 bridgehead atoms. The fourth-order valence-electron chi connectivity index (χ4n) is 2.33. The molecule has 19 heavy (non-hydrogen) atoms. The van der Waals surface area contributed by atoms with E-state index in [0.717, 1.165) is 21.7 Å². The first-order valence-corrected chi connectivity index (χ1v) is 6.70. The molecule has 3 rings (SSSR count). The number of fused-ring (bicyclic) bond motifs is 3. The number of halogens is 1. The van der Waals surface area contributed by atoms with E-state index in [0.29, 0.717) is 12.1 Å². The van der Waals surface area contributed by atoms with Crippen LogP contribution in [-0.4, -0.2) is 34.5 Å². The standard InChI is InChI=1S/C13H13BrN4O/c1-15-12-11-6-17(2)13(19)9-5-8(14)3-4-10(9)18(11)7-16-12/h3-5,7,15H,6H2,1-2H3. The van der Waals surface area contributed by atoms with Gasteiger partial charge in [-0.3, -0.25) is 9.36 Å². The van der Waals surface area contributed by atoms with Crippen molar-refractivity contribution in [2.24, 2.45) is 0 Å². The summed E-state index contributed by atoms with van der Waals surface area (Å²) in [6.45, 7) is 0.529. The van der Waals surface area contributed by atoms with Crippen LogP contribution < -0.4 is 5.32 Å². The van der Waals surface area contributed by atoms with Crippen LogP contribution in [0.25, 0.3) is 5.69 Å². The van der Waals surface area contributed by atoms with Gasteiger partial charge in [0.25, 0.3) is 5.91 Å². The van der Waals surface area contributed by atoms with E-state index in [-0.39, 0.29) is 5.91 Å². The van der Waals surface area contributed by atoms with Crippen molar-refractivity contribution in [3.63, 3.8) is 0 Å². The first kappa shape index (κ1) is 12.2. The van der Waals surface area contributed by atoms with E-state index in [1.54, 1.807) is 18.3 Å². The third-order valence-corrected chi connectivity index (χ3v) is 3.78. The van der Waals surface area contributed by atoms with Crippen molar-refractivity contribution in [3.8, 4) is 5.69 Å². The summed E-state index contributed by atoms with van der Waals surface area (Å²) in [4.78, 5) is 18.4. The van der Waals surface area contributed by atoms with Crippen LogP contribution in [-0.2, 0) is 6.54 Å². The molecule has 98 valence electrons. The lowest BCUT2D eigenvalue weighted by atomic mass is 10.1. The number of carbonyl (C=O) groups is 1. The van der Waals surface area contributed by atoms with Crippen molar-refractivity contribution in [2.75, 3.05) is 19.4 Å². The first-order valence-electron chi connectivity index (χ1n) is 5.91. The number of nitrogens with one attached hydrogen (secondary N) is 1. The van der Waals surface area contributed by atoms with Gasteiger partial charge in [0.05, 0.1) is 23.5 Å². The van der Waals surface area contributed by atoms with Gasteiger partial charge in [-0.2, -0.15) is 0 Å². The lowest BCUT2D eigenvalue weighted by Crippen LogP contribution is -2.25. The van der Waals surface area contributed by atoms with E-state index in [1.165, 1.54) is 0 Å². The predicted molar refractivity (Wildman–Crippen MR) is 76.6 cm³/mol. The van der Waals surface area contributed by atoms with E-state index < -0.39 is 0 Å². The van der Waals surface area contributed by atoms with Gasteiger partial charge in [-0.05, 0) is 18.2 Å². The minimum Gasteiger partial charge on any atom is -0.372 e. The normalized spacial score (nSPS) is 13.8. The van der Waals surface area contributed by atoms with Gasteiger partial charge < -0.3 is 10.2 Å². The molecular weight excluding hydrogens is 308 g/mol. The van der Waals surface area contributed by atoms with Crippen molar-refractivity contribution in [1.29, 1.82) is 0 Å². The van der Waals surface area contributed by atoms with Crippen LogP contribution in [0.15, 0.2) is 29.0 Å². The summed E-state index contributed by atoms with van der Waals surface area (Å²) in [5.41, 5.74) is 2.52. The van der Waals surface area contributed by atoms with E-state index in [2.05, 4.69) is 26.2 Å². The van der Waals surface area contributed by atoms with Crippen LogP contribution in [0.5, 0.6) is 0 Å². The van der Waals surface area contributed by atoms with Gasteiger partial charge in [-0.25, -0.2) is 4.98 Å². The van der Waals surface area contributed by atoms with Gasteiger partial charge in [0.1, 0.15) is 12.1 Å². The van der Waals surface area contributed by atoms with Gasteiger partial charge in [0.15, 0.2) is 0 Å². The molecule has 1 aromatic heterocycles. The molecule has 0 fully saturated rings. The maximum absolute atomic E-state index is 12.4. The van der Waals surface area contributed by atoms with E-state index in [4.69, 9.17) is 0 Å². The predicted octanol–water partition coefficient (Wildman–Crippen LogP) is 2.26. The SMILES string of the molecule is CNc1ncn2c1CN(C)C(=O)c1cc(Br)ccc1-2. The largest absolute Gasteiger partial charge is 0.372 e. The summed E-state index contributed by atoms with van der Waals surface area (Å²) < 4.78 is 2.86. The van der Waals surface area contributed by atoms with Gasteiger partial charge >= 0.3 is 0 Å². The summed E-state index contributed by atoms with van der Waals surface area (Å²) in [6.07, 6.45) is 1.75. The van der Waals surface area contributed by atoms with E-state index >= 15 is 0 Å². The highest BCUT2D eigenvalue weighted by molar-refractivity contribution is 9.10. The fraction of sp³-hybridized carbons (Fsp3) is 0.231. The molecule has 0 atom stereocenters. The quantitative estimate of drug-likeness (QED) is 0.876. The summed E-state index contributed by atoms with van der Waals surface area (Å²) >= 11 is 3.41. The number of hydrogen-bond acceptors (Lipinski definition) is 3. The Kier molecular flexibility index (Phi) is 2.82. The maximum Gasteiger partial charge on any atom is 0.256 e. The molecule has 0 radical (unpaired) electrons. The Hall–Kier alpha value is -1.82. The van der Waals surface area contributed by atoms with Gasteiger partial charge in [0.2, 0.25) is 0 Å². The average molecular weight is 321 g/mol. The maximum atomic E-state index is 12.4. The average Bonchev–Trinajstić information content (AvgIpc) is 2.76. The van der Waals surface area contributed by atoms with Crippen molar-refractivity contribution in [1.82, 2.24) is 14.5 Å². The van der Waals surface area contributed by atoms with Crippen LogP contribution in [0.1, 0.15) is 16.1 Å². The third kappa shape index (κ3) is 1.83. The number of hydrogen-bond donors (Lipinski definition) is 1. The minimum absolute atomic E-state index is 0.0158. The zero-order chi connectivity index (χ0) is 13.6. The number of amides is 1. The molecular formula is C13H13BrN4O. The van der Waals surface area contributed by atoms with Crippen LogP contribution in [0.2, 0.25) is 0 Å². The Morgan fingerprint density at radius 3 is 2.95 bits per heavy atom. The zero-order valence-corrected chi connectivity index (χ0v) is 12.2. The summed E-state index contributed by atoms with van der Waals surface area (Å²) in [5.74, 6) is 0.817. The Morgan fingerprint density at radius 2 is 2.21 bits per heavy atom. The highest BCUT2D eigenvalue weighted by Gasteiger charge is 2.25.